The van der Waals surface area contributed by atoms with Gasteiger partial charge in [0.2, 0.25) is 0 Å². The Bertz CT molecular complexity index is 419. The van der Waals surface area contributed by atoms with E-state index >= 15 is 0 Å². The monoisotopic (exact) mass is 249 g/mol. The fourth-order valence-electron chi connectivity index (χ4n) is 1.82. The highest BCUT2D eigenvalue weighted by atomic mass is 35.5. The molecule has 0 aliphatic heterocycles. The molecular formula is C15H20ClN. The number of allylic oxidation sites excluding steroid dienone is 1. The van der Waals surface area contributed by atoms with Crippen LogP contribution in [-0.2, 0) is 0 Å². The first kappa shape index (κ1) is 12.7. The Morgan fingerprint density at radius 1 is 1.47 bits per heavy atom. The minimum absolute atomic E-state index is 0.803. The van der Waals surface area contributed by atoms with Crippen LogP contribution in [0.3, 0.4) is 0 Å². The van der Waals surface area contributed by atoms with Crippen LogP contribution in [-0.4, -0.2) is 12.6 Å². The molecule has 1 aromatic carbocycles. The molecule has 0 heterocycles. The number of aryl methyl sites for hydroxylation is 1. The summed E-state index contributed by atoms with van der Waals surface area (Å²) in [5.41, 5.74) is 3.68. The lowest BCUT2D eigenvalue weighted by atomic mass is 10.0. The van der Waals surface area contributed by atoms with Crippen LogP contribution < -0.4 is 5.32 Å². The SMILES string of the molecule is C/C(=C/CCNC1CC1)c1ccc(C)c(Cl)c1. The molecule has 1 aromatic rings. The highest BCUT2D eigenvalue weighted by molar-refractivity contribution is 6.31. The van der Waals surface area contributed by atoms with Crippen LogP contribution in [0.15, 0.2) is 24.3 Å². The standard InChI is InChI=1S/C15H20ClN/c1-11(4-3-9-17-14-7-8-14)13-6-5-12(2)15(16)10-13/h4-6,10,14,17H,3,7-9H2,1-2H3/b11-4-. The van der Waals surface area contributed by atoms with Gasteiger partial charge in [0.1, 0.15) is 0 Å². The molecule has 2 rings (SSSR count). The number of nitrogens with one attached hydrogen (secondary N) is 1. The van der Waals surface area contributed by atoms with Gasteiger partial charge in [-0.15, -0.1) is 0 Å². The molecule has 0 aromatic heterocycles. The lowest BCUT2D eigenvalue weighted by molar-refractivity contribution is 0.690. The quantitative estimate of drug-likeness (QED) is 0.772. The summed E-state index contributed by atoms with van der Waals surface area (Å²) in [6.45, 7) is 5.27. The molecule has 0 atom stereocenters. The number of benzene rings is 1. The maximum absolute atomic E-state index is 6.13. The molecule has 0 bridgehead atoms. The Kier molecular flexibility index (Phi) is 4.25. The van der Waals surface area contributed by atoms with Crippen LogP contribution in [0.5, 0.6) is 0 Å². The van der Waals surface area contributed by atoms with Gasteiger partial charge in [-0.1, -0.05) is 29.8 Å². The average Bonchev–Trinajstić information content (AvgIpc) is 3.12. The molecule has 1 aliphatic rings. The van der Waals surface area contributed by atoms with Gasteiger partial charge < -0.3 is 5.32 Å². The first-order valence-corrected chi connectivity index (χ1v) is 6.71. The minimum Gasteiger partial charge on any atom is -0.314 e. The van der Waals surface area contributed by atoms with E-state index in [-0.39, 0.29) is 0 Å². The van der Waals surface area contributed by atoms with Crippen molar-refractivity contribution in [3.63, 3.8) is 0 Å². The van der Waals surface area contributed by atoms with E-state index in [1.165, 1.54) is 24.0 Å². The Balaban J connectivity index is 1.89. The summed E-state index contributed by atoms with van der Waals surface area (Å²) in [5.74, 6) is 0. The summed E-state index contributed by atoms with van der Waals surface area (Å²) in [7, 11) is 0. The van der Waals surface area contributed by atoms with Gasteiger partial charge >= 0.3 is 0 Å². The van der Waals surface area contributed by atoms with Crippen molar-refractivity contribution in [2.45, 2.75) is 39.2 Å². The van der Waals surface area contributed by atoms with Gasteiger partial charge in [-0.3, -0.25) is 0 Å². The molecule has 1 aliphatic carbocycles. The van der Waals surface area contributed by atoms with Gasteiger partial charge in [0.15, 0.2) is 0 Å². The molecule has 0 spiro atoms. The summed E-state index contributed by atoms with van der Waals surface area (Å²) in [5, 5.41) is 4.37. The van der Waals surface area contributed by atoms with Crippen LogP contribution in [0, 0.1) is 6.92 Å². The van der Waals surface area contributed by atoms with Crippen molar-refractivity contribution < 1.29 is 0 Å². The van der Waals surface area contributed by atoms with Gasteiger partial charge in [0.05, 0.1) is 0 Å². The van der Waals surface area contributed by atoms with Crippen molar-refractivity contribution in [3.05, 3.63) is 40.4 Å². The normalized spacial score (nSPS) is 16.3. The van der Waals surface area contributed by atoms with E-state index in [1.54, 1.807) is 0 Å². The molecule has 1 nitrogen and oxygen atoms in total. The minimum atomic E-state index is 0.803. The van der Waals surface area contributed by atoms with E-state index in [4.69, 9.17) is 11.6 Å². The molecule has 92 valence electrons. The fraction of sp³-hybridized carbons (Fsp3) is 0.467. The molecule has 1 N–H and O–H groups in total. The Morgan fingerprint density at radius 2 is 2.24 bits per heavy atom. The van der Waals surface area contributed by atoms with Gasteiger partial charge in [0, 0.05) is 11.1 Å². The topological polar surface area (TPSA) is 12.0 Å². The van der Waals surface area contributed by atoms with E-state index in [0.29, 0.717) is 0 Å². The van der Waals surface area contributed by atoms with Crippen molar-refractivity contribution >= 4 is 17.2 Å². The summed E-state index contributed by atoms with van der Waals surface area (Å²) in [4.78, 5) is 0. The first-order chi connectivity index (χ1) is 8.16. The zero-order chi connectivity index (χ0) is 12.3. The fourth-order valence-corrected chi connectivity index (χ4v) is 2.00. The van der Waals surface area contributed by atoms with Crippen molar-refractivity contribution in [3.8, 4) is 0 Å². The number of hydrogen-bond donors (Lipinski definition) is 1. The van der Waals surface area contributed by atoms with Gasteiger partial charge in [0.25, 0.3) is 0 Å². The van der Waals surface area contributed by atoms with E-state index in [2.05, 4.69) is 36.5 Å². The van der Waals surface area contributed by atoms with E-state index in [1.807, 2.05) is 6.92 Å². The molecule has 0 radical (unpaired) electrons. The first-order valence-electron chi connectivity index (χ1n) is 6.33. The predicted molar refractivity (Wildman–Crippen MR) is 75.5 cm³/mol. The van der Waals surface area contributed by atoms with Gasteiger partial charge in [-0.2, -0.15) is 0 Å². The van der Waals surface area contributed by atoms with Crippen LogP contribution >= 0.6 is 11.6 Å². The maximum atomic E-state index is 6.13. The van der Waals surface area contributed by atoms with E-state index in [0.717, 1.165) is 29.6 Å². The molecule has 17 heavy (non-hydrogen) atoms. The Hall–Kier alpha value is -0.790. The van der Waals surface area contributed by atoms with Crippen LogP contribution in [0.1, 0.15) is 37.3 Å². The molecule has 1 saturated carbocycles. The van der Waals surface area contributed by atoms with Crippen molar-refractivity contribution in [1.29, 1.82) is 0 Å². The largest absolute Gasteiger partial charge is 0.314 e. The second kappa shape index (κ2) is 5.70. The molecule has 2 heteroatoms. The van der Waals surface area contributed by atoms with Gasteiger partial charge in [-0.05, 0) is 62.4 Å². The third-order valence-corrected chi connectivity index (χ3v) is 3.64. The predicted octanol–water partition coefficient (Wildman–Crippen LogP) is 4.19. The van der Waals surface area contributed by atoms with Crippen LogP contribution in [0.25, 0.3) is 5.57 Å². The van der Waals surface area contributed by atoms with Crippen LogP contribution in [0.4, 0.5) is 0 Å². The highest BCUT2D eigenvalue weighted by Gasteiger charge is 2.19. The molecular weight excluding hydrogens is 230 g/mol. The zero-order valence-electron chi connectivity index (χ0n) is 10.6. The number of hydrogen-bond acceptors (Lipinski definition) is 1. The third kappa shape index (κ3) is 3.86. The zero-order valence-corrected chi connectivity index (χ0v) is 11.3. The summed E-state index contributed by atoms with van der Waals surface area (Å²) >= 11 is 6.13. The van der Waals surface area contributed by atoms with Crippen molar-refractivity contribution in [1.82, 2.24) is 5.32 Å². The van der Waals surface area contributed by atoms with E-state index in [9.17, 15) is 0 Å². The maximum Gasteiger partial charge on any atom is 0.0441 e. The average molecular weight is 250 g/mol. The van der Waals surface area contributed by atoms with E-state index < -0.39 is 0 Å². The van der Waals surface area contributed by atoms with Gasteiger partial charge in [-0.25, -0.2) is 0 Å². The molecule has 0 unspecified atom stereocenters. The lowest BCUT2D eigenvalue weighted by Gasteiger charge is -2.05. The molecule has 0 saturated heterocycles. The summed E-state index contributed by atoms with van der Waals surface area (Å²) in [6.07, 6.45) is 6.09. The Morgan fingerprint density at radius 3 is 2.88 bits per heavy atom. The third-order valence-electron chi connectivity index (χ3n) is 3.23. The lowest BCUT2D eigenvalue weighted by Crippen LogP contribution is -2.16. The second-order valence-corrected chi connectivity index (χ2v) is 5.28. The van der Waals surface area contributed by atoms with Crippen molar-refractivity contribution in [2.75, 3.05) is 6.54 Å². The molecule has 1 fully saturated rings. The second-order valence-electron chi connectivity index (χ2n) is 4.87. The smallest absolute Gasteiger partial charge is 0.0441 e. The highest BCUT2D eigenvalue weighted by Crippen LogP contribution is 2.22. The van der Waals surface area contributed by atoms with Crippen molar-refractivity contribution in [2.24, 2.45) is 0 Å². The summed E-state index contributed by atoms with van der Waals surface area (Å²) in [6, 6.07) is 7.08. The Labute approximate surface area is 109 Å². The number of halogens is 1. The molecule has 0 amide bonds. The van der Waals surface area contributed by atoms with Crippen LogP contribution in [0.2, 0.25) is 5.02 Å². The summed E-state index contributed by atoms with van der Waals surface area (Å²) < 4.78 is 0. The number of rotatable bonds is 5.